The fourth-order valence-corrected chi connectivity index (χ4v) is 2.07. The van der Waals surface area contributed by atoms with Gasteiger partial charge in [0, 0.05) is 11.1 Å². The van der Waals surface area contributed by atoms with Crippen LogP contribution in [0.4, 0.5) is 0 Å². The van der Waals surface area contributed by atoms with Crippen LogP contribution < -0.4 is 0 Å². The smallest absolute Gasteiger partial charge is 0.307 e. The number of rotatable bonds is 3. The molecule has 0 aliphatic carbocycles. The molecule has 0 bridgehead atoms. The van der Waals surface area contributed by atoms with Gasteiger partial charge in [0.25, 0.3) is 0 Å². The van der Waals surface area contributed by atoms with Gasteiger partial charge in [-0.25, -0.2) is 0 Å². The van der Waals surface area contributed by atoms with Gasteiger partial charge in [-0.1, -0.05) is 6.07 Å². The topological polar surface area (TPSA) is 66.0 Å². The second-order valence-corrected chi connectivity index (χ2v) is 4.59. The van der Waals surface area contributed by atoms with Gasteiger partial charge in [0.2, 0.25) is 0 Å². The van der Waals surface area contributed by atoms with E-state index >= 15 is 0 Å². The zero-order valence-electron chi connectivity index (χ0n) is 10.7. The molecule has 0 saturated carbocycles. The van der Waals surface area contributed by atoms with Crippen molar-refractivity contribution in [1.29, 1.82) is 0 Å². The van der Waals surface area contributed by atoms with Crippen LogP contribution in [0.15, 0.2) is 18.3 Å². The first-order valence-corrected chi connectivity index (χ1v) is 5.81. The number of benzene rings is 1. The minimum atomic E-state index is -0.848. The molecule has 0 unspecified atom stereocenters. The second kappa shape index (κ2) is 4.64. The van der Waals surface area contributed by atoms with Crippen LogP contribution in [0.1, 0.15) is 22.3 Å². The fraction of sp³-hybridized carbons (Fsp3) is 0.286. The average molecular weight is 244 g/mol. The van der Waals surface area contributed by atoms with E-state index < -0.39 is 5.97 Å². The van der Waals surface area contributed by atoms with Crippen molar-refractivity contribution < 1.29 is 9.90 Å². The van der Waals surface area contributed by atoms with Crippen LogP contribution in [-0.2, 0) is 11.2 Å². The molecule has 1 aromatic heterocycles. The van der Waals surface area contributed by atoms with Crippen LogP contribution in [-0.4, -0.2) is 21.3 Å². The Balaban J connectivity index is 2.52. The molecular weight excluding hydrogens is 228 g/mol. The molecule has 2 N–H and O–H groups in total. The number of nitrogens with one attached hydrogen (secondary N) is 1. The summed E-state index contributed by atoms with van der Waals surface area (Å²) in [4.78, 5) is 10.8. The number of nitrogens with zero attached hydrogens (tertiary/aromatic N) is 1. The Hall–Kier alpha value is -2.10. The maximum absolute atomic E-state index is 10.8. The van der Waals surface area contributed by atoms with Crippen molar-refractivity contribution in [2.24, 2.45) is 0 Å². The Bertz CT molecular complexity index is 600. The number of aryl methyl sites for hydroxylation is 3. The molecule has 18 heavy (non-hydrogen) atoms. The number of aromatic amines is 1. The normalized spacial score (nSPS) is 10.6. The van der Waals surface area contributed by atoms with Crippen molar-refractivity contribution in [2.45, 2.75) is 27.2 Å². The lowest BCUT2D eigenvalue weighted by Gasteiger charge is -2.09. The molecule has 2 rings (SSSR count). The van der Waals surface area contributed by atoms with E-state index in [4.69, 9.17) is 5.11 Å². The van der Waals surface area contributed by atoms with Gasteiger partial charge in [-0.15, -0.1) is 0 Å². The Kier molecular flexibility index (Phi) is 3.19. The highest BCUT2D eigenvalue weighted by Crippen LogP contribution is 2.27. The van der Waals surface area contributed by atoms with E-state index in [9.17, 15) is 4.79 Å². The summed E-state index contributed by atoms with van der Waals surface area (Å²) in [7, 11) is 0. The molecule has 0 atom stereocenters. The van der Waals surface area contributed by atoms with Crippen LogP contribution in [0.2, 0.25) is 0 Å². The molecular formula is C14H16N2O2. The van der Waals surface area contributed by atoms with Crippen molar-refractivity contribution in [3.8, 4) is 11.3 Å². The Labute approximate surface area is 106 Å². The van der Waals surface area contributed by atoms with Crippen LogP contribution in [0.3, 0.4) is 0 Å². The monoisotopic (exact) mass is 244 g/mol. The molecule has 0 saturated heterocycles. The van der Waals surface area contributed by atoms with Crippen LogP contribution >= 0.6 is 0 Å². The number of hydrogen-bond donors (Lipinski definition) is 2. The van der Waals surface area contributed by atoms with E-state index in [-0.39, 0.29) is 6.42 Å². The lowest BCUT2D eigenvalue weighted by atomic mass is 9.96. The summed E-state index contributed by atoms with van der Waals surface area (Å²) in [6.45, 7) is 6.13. The first kappa shape index (κ1) is 12.4. The standard InChI is InChI=1S/C14H16N2O2/c1-8-4-10(3)12(5-9(8)2)14-11(6-13(17)18)7-15-16-14/h4-5,7H,6H2,1-3H3,(H,15,16)(H,17,18). The highest BCUT2D eigenvalue weighted by atomic mass is 16.4. The van der Waals surface area contributed by atoms with Crippen LogP contribution in [0.5, 0.6) is 0 Å². The summed E-state index contributed by atoms with van der Waals surface area (Å²) in [6.07, 6.45) is 1.57. The van der Waals surface area contributed by atoms with Gasteiger partial charge < -0.3 is 5.11 Å². The van der Waals surface area contributed by atoms with Gasteiger partial charge in [0.05, 0.1) is 18.3 Å². The first-order valence-electron chi connectivity index (χ1n) is 5.81. The number of hydrogen-bond acceptors (Lipinski definition) is 2. The third kappa shape index (κ3) is 2.27. The highest BCUT2D eigenvalue weighted by Gasteiger charge is 2.13. The van der Waals surface area contributed by atoms with Gasteiger partial charge in [0.1, 0.15) is 0 Å². The summed E-state index contributed by atoms with van der Waals surface area (Å²) in [5, 5.41) is 15.7. The summed E-state index contributed by atoms with van der Waals surface area (Å²) in [5.74, 6) is -0.848. The SMILES string of the molecule is Cc1cc(C)c(-c2[nH]ncc2CC(=O)O)cc1C. The molecule has 0 radical (unpaired) electrons. The van der Waals surface area contributed by atoms with Crippen molar-refractivity contribution in [3.63, 3.8) is 0 Å². The van der Waals surface area contributed by atoms with Crippen molar-refractivity contribution in [1.82, 2.24) is 10.2 Å². The molecule has 4 heteroatoms. The minimum absolute atomic E-state index is 0.0157. The summed E-state index contributed by atoms with van der Waals surface area (Å²) < 4.78 is 0. The molecule has 94 valence electrons. The van der Waals surface area contributed by atoms with E-state index in [0.717, 1.165) is 16.8 Å². The number of H-pyrrole nitrogens is 1. The van der Waals surface area contributed by atoms with Crippen molar-refractivity contribution in [3.05, 3.63) is 40.6 Å². The lowest BCUT2D eigenvalue weighted by Crippen LogP contribution is -2.01. The molecule has 0 aliphatic rings. The van der Waals surface area contributed by atoms with E-state index in [2.05, 4.69) is 29.3 Å². The number of carboxylic acids is 1. The maximum Gasteiger partial charge on any atom is 0.307 e. The largest absolute Gasteiger partial charge is 0.481 e. The average Bonchev–Trinajstić information content (AvgIpc) is 2.70. The third-order valence-corrected chi connectivity index (χ3v) is 3.17. The van der Waals surface area contributed by atoms with E-state index in [1.165, 1.54) is 11.1 Å². The zero-order chi connectivity index (χ0) is 13.3. The molecule has 4 nitrogen and oxygen atoms in total. The third-order valence-electron chi connectivity index (χ3n) is 3.17. The van der Waals surface area contributed by atoms with Gasteiger partial charge in [-0.3, -0.25) is 9.89 Å². The maximum atomic E-state index is 10.8. The molecule has 0 spiro atoms. The number of carbonyl (C=O) groups is 1. The Morgan fingerprint density at radius 1 is 1.22 bits per heavy atom. The molecule has 0 fully saturated rings. The van der Waals surface area contributed by atoms with Crippen LogP contribution in [0, 0.1) is 20.8 Å². The fourth-order valence-electron chi connectivity index (χ4n) is 2.07. The predicted molar refractivity (Wildman–Crippen MR) is 69.6 cm³/mol. The second-order valence-electron chi connectivity index (χ2n) is 4.59. The zero-order valence-corrected chi connectivity index (χ0v) is 10.7. The predicted octanol–water partition coefficient (Wildman–Crippen LogP) is 2.63. The molecule has 2 aromatic rings. The first-order chi connectivity index (χ1) is 8.49. The van der Waals surface area contributed by atoms with Crippen molar-refractivity contribution >= 4 is 5.97 Å². The summed E-state index contributed by atoms with van der Waals surface area (Å²) >= 11 is 0. The van der Waals surface area contributed by atoms with E-state index in [1.807, 2.05) is 13.8 Å². The van der Waals surface area contributed by atoms with E-state index in [0.29, 0.717) is 5.56 Å². The van der Waals surface area contributed by atoms with E-state index in [1.54, 1.807) is 6.20 Å². The highest BCUT2D eigenvalue weighted by molar-refractivity contribution is 5.76. The Morgan fingerprint density at radius 2 is 1.89 bits per heavy atom. The molecule has 0 aliphatic heterocycles. The van der Waals surface area contributed by atoms with Gasteiger partial charge in [-0.2, -0.15) is 5.10 Å². The molecule has 0 amide bonds. The molecule has 1 heterocycles. The number of aromatic nitrogens is 2. The minimum Gasteiger partial charge on any atom is -0.481 e. The van der Waals surface area contributed by atoms with Gasteiger partial charge in [0.15, 0.2) is 0 Å². The number of aliphatic carboxylic acids is 1. The number of carboxylic acid groups (broad SMARTS) is 1. The quantitative estimate of drug-likeness (QED) is 0.872. The summed E-state index contributed by atoms with van der Waals surface area (Å²) in [5.41, 5.74) is 6.08. The lowest BCUT2D eigenvalue weighted by molar-refractivity contribution is -0.136. The summed E-state index contributed by atoms with van der Waals surface area (Å²) in [6, 6.07) is 4.18. The van der Waals surface area contributed by atoms with Crippen LogP contribution in [0.25, 0.3) is 11.3 Å². The van der Waals surface area contributed by atoms with Crippen molar-refractivity contribution in [2.75, 3.05) is 0 Å². The Morgan fingerprint density at radius 3 is 2.56 bits per heavy atom. The van der Waals surface area contributed by atoms with Gasteiger partial charge in [-0.05, 0) is 43.5 Å². The van der Waals surface area contributed by atoms with Gasteiger partial charge >= 0.3 is 5.97 Å². The molecule has 1 aromatic carbocycles.